The van der Waals surface area contributed by atoms with E-state index >= 15 is 0 Å². The summed E-state index contributed by atoms with van der Waals surface area (Å²) in [6.07, 6.45) is -3.20. The lowest BCUT2D eigenvalue weighted by atomic mass is 10.1. The average Bonchev–Trinajstić information content (AvgIpc) is 3.16. The van der Waals surface area contributed by atoms with Crippen LogP contribution in [0, 0.1) is 0 Å². The Balaban J connectivity index is 0.000000479. The second-order valence-electron chi connectivity index (χ2n) is 8.59. The fraction of sp³-hybridized carbons (Fsp3) is 0.435. The summed E-state index contributed by atoms with van der Waals surface area (Å²) in [4.78, 5) is 36.9. The molecule has 3 aromatic rings. The largest absolute Gasteiger partial charge is 0.491 e. The quantitative estimate of drug-likeness (QED) is 0.515. The Hall–Kier alpha value is -3.45. The van der Waals surface area contributed by atoms with Gasteiger partial charge in [0.2, 0.25) is 0 Å². The summed E-state index contributed by atoms with van der Waals surface area (Å²) in [5.41, 5.74) is 7.24. The molecule has 4 rings (SSSR count). The third kappa shape index (κ3) is 5.62. The first-order valence-corrected chi connectivity index (χ1v) is 11.6. The van der Waals surface area contributed by atoms with E-state index in [2.05, 4.69) is 4.90 Å². The second kappa shape index (κ2) is 10.9. The molecule has 0 amide bonds. The van der Waals surface area contributed by atoms with Gasteiger partial charge in [0, 0.05) is 38.2 Å². The van der Waals surface area contributed by atoms with E-state index in [1.807, 2.05) is 28.8 Å². The molecule has 10 nitrogen and oxygen atoms in total. The molecule has 202 valence electrons. The highest BCUT2D eigenvalue weighted by Gasteiger charge is 2.38. The number of anilines is 1. The molecule has 14 heteroatoms. The van der Waals surface area contributed by atoms with Gasteiger partial charge < -0.3 is 25.0 Å². The van der Waals surface area contributed by atoms with Crippen LogP contribution in [0.15, 0.2) is 33.9 Å². The fourth-order valence-corrected chi connectivity index (χ4v) is 4.52. The molecule has 1 atom stereocenters. The van der Waals surface area contributed by atoms with Gasteiger partial charge >= 0.3 is 17.8 Å². The van der Waals surface area contributed by atoms with E-state index in [1.54, 1.807) is 14.2 Å². The lowest BCUT2D eigenvalue weighted by Gasteiger charge is -2.33. The Morgan fingerprint density at radius 3 is 2.35 bits per heavy atom. The molecule has 0 spiro atoms. The summed E-state index contributed by atoms with van der Waals surface area (Å²) in [7, 11) is 4.70. The molecule has 0 saturated carbocycles. The van der Waals surface area contributed by atoms with Crippen molar-refractivity contribution in [1.82, 2.24) is 13.7 Å². The summed E-state index contributed by atoms with van der Waals surface area (Å²) < 4.78 is 42.0. The van der Waals surface area contributed by atoms with Gasteiger partial charge in [0.25, 0.3) is 5.56 Å². The van der Waals surface area contributed by atoms with Gasteiger partial charge in [-0.3, -0.25) is 13.9 Å². The van der Waals surface area contributed by atoms with Crippen molar-refractivity contribution in [3.63, 3.8) is 0 Å². The third-order valence-corrected chi connectivity index (χ3v) is 6.44. The predicted octanol–water partition coefficient (Wildman–Crippen LogP) is 2.31. The van der Waals surface area contributed by atoms with Crippen molar-refractivity contribution in [2.45, 2.75) is 31.6 Å². The number of alkyl halides is 3. The molecule has 1 aromatic carbocycles. The number of aliphatic carboxylic acids is 1. The number of benzene rings is 1. The van der Waals surface area contributed by atoms with Gasteiger partial charge in [0.1, 0.15) is 11.0 Å². The van der Waals surface area contributed by atoms with Crippen molar-refractivity contribution in [3.05, 3.63) is 55.7 Å². The first-order valence-electron chi connectivity index (χ1n) is 11.2. The number of piperidine rings is 1. The number of halogens is 4. The third-order valence-electron chi connectivity index (χ3n) is 6.07. The second-order valence-corrected chi connectivity index (χ2v) is 9.00. The lowest BCUT2D eigenvalue weighted by Crippen LogP contribution is -2.43. The highest BCUT2D eigenvalue weighted by Crippen LogP contribution is 2.39. The van der Waals surface area contributed by atoms with Crippen LogP contribution < -0.4 is 26.6 Å². The van der Waals surface area contributed by atoms with E-state index in [9.17, 15) is 22.8 Å². The number of methoxy groups -OCH3 is 1. The number of ether oxygens (including phenoxy) is 1. The zero-order valence-corrected chi connectivity index (χ0v) is 21.1. The molecule has 3 N–H and O–H groups in total. The molecule has 37 heavy (non-hydrogen) atoms. The molecule has 0 radical (unpaired) electrons. The Morgan fingerprint density at radius 1 is 1.19 bits per heavy atom. The molecule has 2 aromatic heterocycles. The molecule has 0 unspecified atom stereocenters. The highest BCUT2D eigenvalue weighted by molar-refractivity contribution is 6.31. The Labute approximate surface area is 214 Å². The number of carboxylic acid groups (broad SMARTS) is 1. The van der Waals surface area contributed by atoms with Crippen LogP contribution in [-0.2, 0) is 25.4 Å². The number of nitrogens with zero attached hydrogens (tertiary/aromatic N) is 4. The van der Waals surface area contributed by atoms with Crippen molar-refractivity contribution in [2.24, 2.45) is 19.8 Å². The van der Waals surface area contributed by atoms with Gasteiger partial charge in [-0.05, 0) is 24.5 Å². The molecule has 3 heterocycles. The van der Waals surface area contributed by atoms with E-state index in [4.69, 9.17) is 32.0 Å². The number of hydrogen-bond donors (Lipinski definition) is 2. The van der Waals surface area contributed by atoms with E-state index in [-0.39, 0.29) is 11.6 Å². The summed E-state index contributed by atoms with van der Waals surface area (Å²) in [5.74, 6) is -1.50. The smallest absolute Gasteiger partial charge is 0.490 e. The average molecular weight is 546 g/mol. The SMILES string of the molecule is COc1c(N2CCC[C@@H](N)C2)n(Cc2ccccc2Cl)c2c(=O)n(C)c(=O)n(C)c12.O=C(O)C(F)(F)F. The summed E-state index contributed by atoms with van der Waals surface area (Å²) >= 11 is 6.44. The zero-order valence-electron chi connectivity index (χ0n) is 20.4. The molecule has 1 aliphatic heterocycles. The number of aryl methyl sites for hydroxylation is 1. The van der Waals surface area contributed by atoms with Crippen LogP contribution in [0.4, 0.5) is 19.0 Å². The van der Waals surface area contributed by atoms with Crippen molar-refractivity contribution < 1.29 is 27.8 Å². The van der Waals surface area contributed by atoms with E-state index in [0.29, 0.717) is 34.9 Å². The van der Waals surface area contributed by atoms with Crippen LogP contribution >= 0.6 is 11.6 Å². The van der Waals surface area contributed by atoms with Crippen LogP contribution in [0.25, 0.3) is 11.0 Å². The van der Waals surface area contributed by atoms with Crippen LogP contribution in [0.1, 0.15) is 18.4 Å². The first kappa shape index (κ1) is 28.1. The van der Waals surface area contributed by atoms with Gasteiger partial charge in [-0.15, -0.1) is 0 Å². The van der Waals surface area contributed by atoms with Gasteiger partial charge in [-0.1, -0.05) is 29.8 Å². The minimum atomic E-state index is -5.08. The Kier molecular flexibility index (Phi) is 8.28. The molecule has 0 aliphatic carbocycles. The molecular weight excluding hydrogens is 519 g/mol. The van der Waals surface area contributed by atoms with Crippen molar-refractivity contribution in [2.75, 3.05) is 25.1 Å². The first-order chi connectivity index (χ1) is 17.3. The molecule has 1 fully saturated rings. The number of fused-ring (bicyclic) bond motifs is 1. The number of carboxylic acids is 1. The van der Waals surface area contributed by atoms with Crippen molar-refractivity contribution >= 4 is 34.4 Å². The standard InChI is InChI=1S/C21H26ClN5O3.C2HF3O2/c1-24-16-17(20(28)25(2)21(24)29)27(11-13-7-4-5-9-15(13)22)19(18(16)30-3)26-10-6-8-14(23)12-26;3-2(4,5)1(6)7/h4-5,7,9,14H,6,8,10-12,23H2,1-3H3;(H,6,7)/t14-;/m1./s1. The Bertz CT molecular complexity index is 1430. The van der Waals surface area contributed by atoms with E-state index < -0.39 is 17.8 Å². The molecular formula is C23H27ClF3N5O5. The Morgan fingerprint density at radius 2 is 1.81 bits per heavy atom. The number of nitrogens with two attached hydrogens (primary N) is 1. The molecule has 1 saturated heterocycles. The molecule has 0 bridgehead atoms. The number of rotatable bonds is 4. The van der Waals surface area contributed by atoms with Crippen molar-refractivity contribution in [1.29, 1.82) is 0 Å². The lowest BCUT2D eigenvalue weighted by molar-refractivity contribution is -0.192. The van der Waals surface area contributed by atoms with Gasteiger partial charge in [-0.25, -0.2) is 9.59 Å². The van der Waals surface area contributed by atoms with Crippen molar-refractivity contribution in [3.8, 4) is 5.75 Å². The van der Waals surface area contributed by atoms with Gasteiger partial charge in [0.05, 0.1) is 13.7 Å². The maximum Gasteiger partial charge on any atom is 0.490 e. The minimum absolute atomic E-state index is 0.0295. The maximum atomic E-state index is 13.2. The maximum absolute atomic E-state index is 13.2. The molecule has 1 aliphatic rings. The zero-order chi connectivity index (χ0) is 27.7. The predicted molar refractivity (Wildman–Crippen MR) is 133 cm³/mol. The highest BCUT2D eigenvalue weighted by atomic mass is 35.5. The van der Waals surface area contributed by atoms with Crippen LogP contribution in [0.5, 0.6) is 5.75 Å². The topological polar surface area (TPSA) is 125 Å². The number of carbonyl (C=O) groups is 1. The van der Waals surface area contributed by atoms with E-state index in [1.165, 1.54) is 11.6 Å². The van der Waals surface area contributed by atoms with E-state index in [0.717, 1.165) is 35.3 Å². The van der Waals surface area contributed by atoms with Gasteiger partial charge in [-0.2, -0.15) is 13.2 Å². The summed E-state index contributed by atoms with van der Waals surface area (Å²) in [6, 6.07) is 7.56. The summed E-state index contributed by atoms with van der Waals surface area (Å²) in [6.45, 7) is 1.80. The minimum Gasteiger partial charge on any atom is -0.491 e. The van der Waals surface area contributed by atoms with Crippen LogP contribution in [-0.4, -0.2) is 57.2 Å². The summed E-state index contributed by atoms with van der Waals surface area (Å²) in [5, 5.41) is 7.74. The number of hydrogen-bond acceptors (Lipinski definition) is 6. The monoisotopic (exact) mass is 545 g/mol. The fourth-order valence-electron chi connectivity index (χ4n) is 4.32. The van der Waals surface area contributed by atoms with Crippen LogP contribution in [0.2, 0.25) is 5.02 Å². The number of aromatic nitrogens is 3. The van der Waals surface area contributed by atoms with Gasteiger partial charge in [0.15, 0.2) is 11.6 Å². The normalized spacial score (nSPS) is 15.9. The van der Waals surface area contributed by atoms with Crippen LogP contribution in [0.3, 0.4) is 0 Å².